The van der Waals surface area contributed by atoms with E-state index in [0.717, 1.165) is 19.4 Å². The molecule has 1 atom stereocenters. The Morgan fingerprint density at radius 2 is 1.94 bits per heavy atom. The van der Waals surface area contributed by atoms with Crippen LogP contribution in [0.4, 0.5) is 0 Å². The first kappa shape index (κ1) is 14.7. The maximum Gasteiger partial charge on any atom is 0.236 e. The van der Waals surface area contributed by atoms with E-state index >= 15 is 0 Å². The zero-order valence-corrected chi connectivity index (χ0v) is 11.6. The van der Waals surface area contributed by atoms with Crippen LogP contribution in [0, 0.1) is 0 Å². The number of rotatable bonds is 6. The molecule has 1 aromatic rings. The number of nitrogens with two attached hydrogens (primary N) is 1. The average Bonchev–Trinajstić information content (AvgIpc) is 2.43. The largest absolute Gasteiger partial charge is 0.344 e. The first-order valence-electron chi connectivity index (χ1n) is 6.61. The van der Waals surface area contributed by atoms with E-state index in [1.54, 1.807) is 11.9 Å². The van der Waals surface area contributed by atoms with Crippen molar-refractivity contribution in [1.82, 2.24) is 4.90 Å². The molecule has 18 heavy (non-hydrogen) atoms. The van der Waals surface area contributed by atoms with Crippen LogP contribution in [0.15, 0.2) is 24.3 Å². The second-order valence-electron chi connectivity index (χ2n) is 4.82. The van der Waals surface area contributed by atoms with Crippen LogP contribution in [0.1, 0.15) is 37.3 Å². The molecule has 0 saturated heterocycles. The Hall–Kier alpha value is -1.35. The van der Waals surface area contributed by atoms with Gasteiger partial charge in [0.25, 0.3) is 0 Å². The SMILES string of the molecule is CCC(C)c1ccc(CCN(C)C(=O)CN)cc1. The van der Waals surface area contributed by atoms with Gasteiger partial charge in [-0.2, -0.15) is 0 Å². The van der Waals surface area contributed by atoms with Crippen molar-refractivity contribution >= 4 is 5.91 Å². The Morgan fingerprint density at radius 3 is 2.44 bits per heavy atom. The van der Waals surface area contributed by atoms with Crippen LogP contribution < -0.4 is 5.73 Å². The highest BCUT2D eigenvalue weighted by Crippen LogP contribution is 2.18. The highest BCUT2D eigenvalue weighted by atomic mass is 16.2. The zero-order chi connectivity index (χ0) is 13.5. The summed E-state index contributed by atoms with van der Waals surface area (Å²) in [6, 6.07) is 8.69. The third-order valence-electron chi connectivity index (χ3n) is 3.50. The van der Waals surface area contributed by atoms with Crippen LogP contribution in [-0.2, 0) is 11.2 Å². The highest BCUT2D eigenvalue weighted by Gasteiger charge is 2.06. The summed E-state index contributed by atoms with van der Waals surface area (Å²) >= 11 is 0. The Kier molecular flexibility index (Phi) is 5.86. The summed E-state index contributed by atoms with van der Waals surface area (Å²) < 4.78 is 0. The molecular weight excluding hydrogens is 224 g/mol. The molecule has 100 valence electrons. The van der Waals surface area contributed by atoms with Gasteiger partial charge in [0.2, 0.25) is 5.91 Å². The molecule has 1 aromatic carbocycles. The lowest BCUT2D eigenvalue weighted by molar-refractivity contribution is -0.128. The fraction of sp³-hybridized carbons (Fsp3) is 0.533. The molecule has 0 radical (unpaired) electrons. The first-order chi connectivity index (χ1) is 8.58. The molecule has 0 bridgehead atoms. The summed E-state index contributed by atoms with van der Waals surface area (Å²) in [6.07, 6.45) is 2.04. The zero-order valence-electron chi connectivity index (χ0n) is 11.6. The predicted octanol–water partition coefficient (Wildman–Crippen LogP) is 2.16. The molecule has 3 nitrogen and oxygen atoms in total. The molecule has 1 rings (SSSR count). The molecule has 0 saturated carbocycles. The minimum atomic E-state index is -0.00812. The summed E-state index contributed by atoms with van der Waals surface area (Å²) in [5.74, 6) is 0.603. The third-order valence-corrected chi connectivity index (χ3v) is 3.50. The van der Waals surface area contributed by atoms with Crippen molar-refractivity contribution in [3.63, 3.8) is 0 Å². The molecule has 0 spiro atoms. The van der Waals surface area contributed by atoms with Gasteiger partial charge >= 0.3 is 0 Å². The lowest BCUT2D eigenvalue weighted by Crippen LogP contribution is -2.34. The van der Waals surface area contributed by atoms with Crippen LogP contribution in [0.25, 0.3) is 0 Å². The Labute approximate surface area is 110 Å². The van der Waals surface area contributed by atoms with Gasteiger partial charge in [-0.05, 0) is 29.9 Å². The molecule has 0 aliphatic rings. The van der Waals surface area contributed by atoms with E-state index in [1.807, 2.05) is 0 Å². The van der Waals surface area contributed by atoms with Gasteiger partial charge in [0, 0.05) is 13.6 Å². The van der Waals surface area contributed by atoms with Crippen molar-refractivity contribution < 1.29 is 4.79 Å². The van der Waals surface area contributed by atoms with Gasteiger partial charge in [0.1, 0.15) is 0 Å². The van der Waals surface area contributed by atoms with Gasteiger partial charge in [0.15, 0.2) is 0 Å². The standard InChI is InChI=1S/C15H24N2O/c1-4-12(2)14-7-5-13(6-8-14)9-10-17(3)15(18)11-16/h5-8,12H,4,9-11,16H2,1-3H3. The predicted molar refractivity (Wildman–Crippen MR) is 75.5 cm³/mol. The minimum absolute atomic E-state index is 0.00812. The van der Waals surface area contributed by atoms with Gasteiger partial charge in [0.05, 0.1) is 6.54 Å². The van der Waals surface area contributed by atoms with Gasteiger partial charge in [-0.25, -0.2) is 0 Å². The molecule has 1 unspecified atom stereocenters. The lowest BCUT2D eigenvalue weighted by atomic mass is 9.97. The van der Waals surface area contributed by atoms with Crippen molar-refractivity contribution in [2.45, 2.75) is 32.6 Å². The first-order valence-corrected chi connectivity index (χ1v) is 6.61. The Morgan fingerprint density at radius 1 is 1.33 bits per heavy atom. The van der Waals surface area contributed by atoms with Gasteiger partial charge < -0.3 is 10.6 Å². The molecule has 0 aromatic heterocycles. The highest BCUT2D eigenvalue weighted by molar-refractivity contribution is 5.77. The summed E-state index contributed by atoms with van der Waals surface area (Å²) in [6.45, 7) is 5.25. The molecule has 0 aliphatic heterocycles. The number of benzene rings is 1. The molecule has 1 amide bonds. The number of carbonyl (C=O) groups is 1. The van der Waals surface area contributed by atoms with Gasteiger partial charge in [-0.15, -0.1) is 0 Å². The van der Waals surface area contributed by atoms with E-state index in [2.05, 4.69) is 38.1 Å². The maximum absolute atomic E-state index is 11.3. The summed E-state index contributed by atoms with van der Waals surface area (Å²) in [7, 11) is 1.79. The molecule has 2 N–H and O–H groups in total. The van der Waals surface area contributed by atoms with E-state index in [1.165, 1.54) is 11.1 Å². The smallest absolute Gasteiger partial charge is 0.236 e. The monoisotopic (exact) mass is 248 g/mol. The summed E-state index contributed by atoms with van der Waals surface area (Å²) in [4.78, 5) is 13.0. The lowest BCUT2D eigenvalue weighted by Gasteiger charge is -2.16. The van der Waals surface area contributed by atoms with Crippen LogP contribution in [0.2, 0.25) is 0 Å². The Bertz CT molecular complexity index is 373. The van der Waals surface area contributed by atoms with Crippen molar-refractivity contribution in [1.29, 1.82) is 0 Å². The van der Waals surface area contributed by atoms with Gasteiger partial charge in [-0.1, -0.05) is 38.1 Å². The van der Waals surface area contributed by atoms with E-state index in [0.29, 0.717) is 5.92 Å². The van der Waals surface area contributed by atoms with Crippen LogP contribution >= 0.6 is 0 Å². The number of nitrogens with zero attached hydrogens (tertiary/aromatic N) is 1. The second-order valence-corrected chi connectivity index (χ2v) is 4.82. The van der Waals surface area contributed by atoms with Gasteiger partial charge in [-0.3, -0.25) is 4.79 Å². The quantitative estimate of drug-likeness (QED) is 0.838. The van der Waals surface area contributed by atoms with Crippen molar-refractivity contribution in [2.24, 2.45) is 5.73 Å². The van der Waals surface area contributed by atoms with Crippen LogP contribution in [0.5, 0.6) is 0 Å². The third kappa shape index (κ3) is 4.15. The fourth-order valence-corrected chi connectivity index (χ4v) is 1.83. The topological polar surface area (TPSA) is 46.3 Å². The van der Waals surface area contributed by atoms with Crippen LogP contribution in [-0.4, -0.2) is 30.9 Å². The van der Waals surface area contributed by atoms with Crippen molar-refractivity contribution in [2.75, 3.05) is 20.1 Å². The second kappa shape index (κ2) is 7.17. The molecule has 0 heterocycles. The van der Waals surface area contributed by atoms with E-state index in [-0.39, 0.29) is 12.5 Å². The van der Waals surface area contributed by atoms with Crippen LogP contribution in [0.3, 0.4) is 0 Å². The number of carbonyl (C=O) groups excluding carboxylic acids is 1. The maximum atomic E-state index is 11.3. The van der Waals surface area contributed by atoms with E-state index in [9.17, 15) is 4.79 Å². The minimum Gasteiger partial charge on any atom is -0.344 e. The fourth-order valence-electron chi connectivity index (χ4n) is 1.83. The average molecular weight is 248 g/mol. The number of likely N-dealkylation sites (N-methyl/N-ethyl adjacent to an activating group) is 1. The summed E-state index contributed by atoms with van der Waals surface area (Å²) in [5, 5.41) is 0. The number of hydrogen-bond donors (Lipinski definition) is 1. The molecule has 0 fully saturated rings. The molecule has 0 aliphatic carbocycles. The number of amides is 1. The molecular formula is C15H24N2O. The summed E-state index contributed by atoms with van der Waals surface area (Å²) in [5.41, 5.74) is 7.96. The molecule has 3 heteroatoms. The number of hydrogen-bond acceptors (Lipinski definition) is 2. The van der Waals surface area contributed by atoms with E-state index in [4.69, 9.17) is 5.73 Å². The Balaban J connectivity index is 2.51. The van der Waals surface area contributed by atoms with E-state index < -0.39 is 0 Å². The van der Waals surface area contributed by atoms with Crippen molar-refractivity contribution in [3.8, 4) is 0 Å². The normalized spacial score (nSPS) is 12.2. The van der Waals surface area contributed by atoms with Crippen molar-refractivity contribution in [3.05, 3.63) is 35.4 Å².